The maximum atomic E-state index is 11.8. The van der Waals surface area contributed by atoms with E-state index in [4.69, 9.17) is 9.52 Å². The number of nitrogens with one attached hydrogen (secondary N) is 2. The maximum Gasteiger partial charge on any atom is 0.308 e. The monoisotopic (exact) mass is 296 g/mol. The third-order valence-corrected chi connectivity index (χ3v) is 2.99. The molecule has 1 heterocycles. The summed E-state index contributed by atoms with van der Waals surface area (Å²) in [5.41, 5.74) is 0. The lowest BCUT2D eigenvalue weighted by Crippen LogP contribution is -2.46. The highest BCUT2D eigenvalue weighted by molar-refractivity contribution is 5.95. The number of aliphatic carboxylic acids is 1. The third kappa shape index (κ3) is 5.29. The molecular formula is C14H20N2O5. The van der Waals surface area contributed by atoms with Crippen LogP contribution in [0.5, 0.6) is 0 Å². The van der Waals surface area contributed by atoms with Gasteiger partial charge in [-0.05, 0) is 25.5 Å². The summed E-state index contributed by atoms with van der Waals surface area (Å²) in [5.74, 6) is -2.37. The predicted molar refractivity (Wildman–Crippen MR) is 74.7 cm³/mol. The summed E-state index contributed by atoms with van der Waals surface area (Å²) in [6.07, 6.45) is 2.57. The number of carboxylic acids is 1. The molecule has 116 valence electrons. The van der Waals surface area contributed by atoms with Crippen molar-refractivity contribution in [1.29, 1.82) is 0 Å². The van der Waals surface area contributed by atoms with Gasteiger partial charge in [-0.2, -0.15) is 0 Å². The van der Waals surface area contributed by atoms with Crippen LogP contribution >= 0.6 is 0 Å². The van der Waals surface area contributed by atoms with Gasteiger partial charge < -0.3 is 20.2 Å². The van der Waals surface area contributed by atoms with Gasteiger partial charge in [0.25, 0.3) is 5.91 Å². The molecule has 1 rings (SSSR count). The second-order valence-electron chi connectivity index (χ2n) is 4.74. The average Bonchev–Trinajstić information content (AvgIpc) is 2.96. The second kappa shape index (κ2) is 8.08. The summed E-state index contributed by atoms with van der Waals surface area (Å²) >= 11 is 0. The van der Waals surface area contributed by atoms with Gasteiger partial charge in [0, 0.05) is 6.54 Å². The molecule has 0 aliphatic heterocycles. The zero-order valence-electron chi connectivity index (χ0n) is 12.1. The Morgan fingerprint density at radius 2 is 2.10 bits per heavy atom. The fraction of sp³-hybridized carbons (Fsp3) is 0.500. The normalized spacial score (nSPS) is 13.2. The molecule has 1 aromatic rings. The number of carboxylic acid groups (broad SMARTS) is 1. The molecule has 0 saturated heterocycles. The van der Waals surface area contributed by atoms with Gasteiger partial charge in [-0.25, -0.2) is 0 Å². The first kappa shape index (κ1) is 16.7. The summed E-state index contributed by atoms with van der Waals surface area (Å²) < 4.78 is 4.92. The van der Waals surface area contributed by atoms with Crippen molar-refractivity contribution in [1.82, 2.24) is 10.6 Å². The number of rotatable bonds is 8. The van der Waals surface area contributed by atoms with Gasteiger partial charge in [-0.3, -0.25) is 14.4 Å². The van der Waals surface area contributed by atoms with Crippen molar-refractivity contribution in [3.05, 3.63) is 24.2 Å². The molecule has 2 amide bonds. The van der Waals surface area contributed by atoms with E-state index < -0.39 is 29.7 Å². The van der Waals surface area contributed by atoms with Crippen LogP contribution in [0, 0.1) is 5.92 Å². The molecule has 0 bridgehead atoms. The number of furan rings is 1. The Balaban J connectivity index is 2.43. The summed E-state index contributed by atoms with van der Waals surface area (Å²) in [5, 5.41) is 14.0. The van der Waals surface area contributed by atoms with E-state index in [0.717, 1.165) is 6.42 Å². The van der Waals surface area contributed by atoms with Crippen molar-refractivity contribution in [2.75, 3.05) is 6.54 Å². The Labute approximate surface area is 122 Å². The van der Waals surface area contributed by atoms with E-state index in [1.54, 1.807) is 6.07 Å². The lowest BCUT2D eigenvalue weighted by atomic mass is 10.0. The molecule has 0 aliphatic carbocycles. The molecule has 2 atom stereocenters. The number of amides is 2. The minimum atomic E-state index is -0.940. The Kier molecular flexibility index (Phi) is 6.45. The molecular weight excluding hydrogens is 276 g/mol. The standard InChI is InChI=1S/C14H20N2O5/c1-3-5-10(14(19)20)8-15-12(17)9(2)16-13(18)11-6-4-7-21-11/h4,6-7,9-10H,3,5,8H2,1-2H3,(H,15,17)(H,16,18)(H,19,20)/t9-,10-/m0/s1. The van der Waals surface area contributed by atoms with Gasteiger partial charge in [0.05, 0.1) is 12.2 Å². The number of carbonyl (C=O) groups is 3. The van der Waals surface area contributed by atoms with Crippen LogP contribution in [0.2, 0.25) is 0 Å². The van der Waals surface area contributed by atoms with Gasteiger partial charge in [-0.1, -0.05) is 13.3 Å². The molecule has 0 spiro atoms. The van der Waals surface area contributed by atoms with Crippen LogP contribution in [0.15, 0.2) is 22.8 Å². The number of hydrogen-bond acceptors (Lipinski definition) is 4. The van der Waals surface area contributed by atoms with Crippen LogP contribution < -0.4 is 10.6 Å². The van der Waals surface area contributed by atoms with Crippen LogP contribution in [0.1, 0.15) is 37.2 Å². The molecule has 0 unspecified atom stereocenters. The molecule has 0 radical (unpaired) electrons. The van der Waals surface area contributed by atoms with E-state index in [1.807, 2.05) is 6.92 Å². The summed E-state index contributed by atoms with van der Waals surface area (Å²) in [6.45, 7) is 3.44. The minimum Gasteiger partial charge on any atom is -0.481 e. The highest BCUT2D eigenvalue weighted by atomic mass is 16.4. The van der Waals surface area contributed by atoms with Gasteiger partial charge in [0.2, 0.25) is 5.91 Å². The Morgan fingerprint density at radius 3 is 2.62 bits per heavy atom. The minimum absolute atomic E-state index is 0.0446. The van der Waals surface area contributed by atoms with Gasteiger partial charge in [-0.15, -0.1) is 0 Å². The van der Waals surface area contributed by atoms with Crippen molar-refractivity contribution in [2.45, 2.75) is 32.7 Å². The molecule has 0 saturated carbocycles. The highest BCUT2D eigenvalue weighted by Gasteiger charge is 2.21. The van der Waals surface area contributed by atoms with E-state index in [-0.39, 0.29) is 12.3 Å². The number of hydrogen-bond donors (Lipinski definition) is 3. The first-order chi connectivity index (χ1) is 9.95. The van der Waals surface area contributed by atoms with Crippen LogP contribution in [-0.2, 0) is 9.59 Å². The molecule has 0 aromatic carbocycles. The Hall–Kier alpha value is -2.31. The summed E-state index contributed by atoms with van der Waals surface area (Å²) in [6, 6.07) is 2.28. The van der Waals surface area contributed by atoms with Crippen LogP contribution in [-0.4, -0.2) is 35.5 Å². The predicted octanol–water partition coefficient (Wildman–Crippen LogP) is 1.01. The topological polar surface area (TPSA) is 109 Å². The molecule has 7 heteroatoms. The van der Waals surface area contributed by atoms with Crippen molar-refractivity contribution in [3.63, 3.8) is 0 Å². The Morgan fingerprint density at radius 1 is 1.38 bits per heavy atom. The van der Waals surface area contributed by atoms with Gasteiger partial charge >= 0.3 is 5.97 Å². The fourth-order valence-electron chi connectivity index (χ4n) is 1.78. The largest absolute Gasteiger partial charge is 0.481 e. The van der Waals surface area contributed by atoms with E-state index in [1.165, 1.54) is 19.3 Å². The molecule has 0 aliphatic rings. The van der Waals surface area contributed by atoms with Crippen LogP contribution in [0.25, 0.3) is 0 Å². The molecule has 0 fully saturated rings. The Bertz CT molecular complexity index is 484. The molecule has 3 N–H and O–H groups in total. The summed E-state index contributed by atoms with van der Waals surface area (Å²) in [4.78, 5) is 34.5. The molecule has 7 nitrogen and oxygen atoms in total. The SMILES string of the molecule is CCC[C@@H](CNC(=O)[C@H](C)NC(=O)c1ccco1)C(=O)O. The summed E-state index contributed by atoms with van der Waals surface area (Å²) in [7, 11) is 0. The van der Waals surface area contributed by atoms with Crippen LogP contribution in [0.4, 0.5) is 0 Å². The van der Waals surface area contributed by atoms with Gasteiger partial charge in [0.1, 0.15) is 6.04 Å². The average molecular weight is 296 g/mol. The van der Waals surface area contributed by atoms with Crippen molar-refractivity contribution >= 4 is 17.8 Å². The van der Waals surface area contributed by atoms with E-state index in [2.05, 4.69) is 10.6 Å². The van der Waals surface area contributed by atoms with E-state index in [0.29, 0.717) is 6.42 Å². The first-order valence-electron chi connectivity index (χ1n) is 6.80. The lowest BCUT2D eigenvalue weighted by Gasteiger charge is -2.16. The molecule has 1 aromatic heterocycles. The lowest BCUT2D eigenvalue weighted by molar-refractivity contribution is -0.142. The zero-order chi connectivity index (χ0) is 15.8. The van der Waals surface area contributed by atoms with Gasteiger partial charge in [0.15, 0.2) is 5.76 Å². The third-order valence-electron chi connectivity index (χ3n) is 2.99. The smallest absolute Gasteiger partial charge is 0.308 e. The maximum absolute atomic E-state index is 11.8. The highest BCUT2D eigenvalue weighted by Crippen LogP contribution is 2.05. The van der Waals surface area contributed by atoms with Crippen molar-refractivity contribution < 1.29 is 23.9 Å². The fourth-order valence-corrected chi connectivity index (χ4v) is 1.78. The van der Waals surface area contributed by atoms with E-state index in [9.17, 15) is 14.4 Å². The van der Waals surface area contributed by atoms with Crippen molar-refractivity contribution in [3.8, 4) is 0 Å². The molecule has 21 heavy (non-hydrogen) atoms. The quantitative estimate of drug-likeness (QED) is 0.663. The van der Waals surface area contributed by atoms with E-state index >= 15 is 0 Å². The first-order valence-corrected chi connectivity index (χ1v) is 6.80. The zero-order valence-corrected chi connectivity index (χ0v) is 12.1. The number of carbonyl (C=O) groups excluding carboxylic acids is 2. The van der Waals surface area contributed by atoms with Crippen molar-refractivity contribution in [2.24, 2.45) is 5.92 Å². The second-order valence-corrected chi connectivity index (χ2v) is 4.74. The van der Waals surface area contributed by atoms with Crippen LogP contribution in [0.3, 0.4) is 0 Å².